The summed E-state index contributed by atoms with van der Waals surface area (Å²) in [6.45, 7) is 1.44. The summed E-state index contributed by atoms with van der Waals surface area (Å²) >= 11 is 6.46. The first-order chi connectivity index (χ1) is 8.97. The van der Waals surface area contributed by atoms with Crippen molar-refractivity contribution in [1.29, 1.82) is 0 Å². The predicted octanol–water partition coefficient (Wildman–Crippen LogP) is 5.35. The van der Waals surface area contributed by atoms with Crippen LogP contribution in [0.5, 0.6) is 11.5 Å². The van der Waals surface area contributed by atoms with E-state index in [1.165, 1.54) is 19.1 Å². The Morgan fingerprint density at radius 2 is 1.63 bits per heavy atom. The number of carbonyl (C=O) groups is 1. The van der Waals surface area contributed by atoms with E-state index in [9.17, 15) is 9.18 Å². The molecule has 0 N–H and O–H groups in total. The SMILES string of the molecule is CC(=O)c1cc(Br)ccc1Oc1ccc(Br)cc1F. The van der Waals surface area contributed by atoms with Crippen LogP contribution in [0.3, 0.4) is 0 Å². The van der Waals surface area contributed by atoms with E-state index >= 15 is 0 Å². The molecule has 0 spiro atoms. The zero-order chi connectivity index (χ0) is 14.0. The number of Topliss-reactive ketones (excluding diaryl/α,β-unsaturated/α-hetero) is 1. The van der Waals surface area contributed by atoms with Crippen molar-refractivity contribution in [3.05, 3.63) is 56.7 Å². The predicted molar refractivity (Wildman–Crippen MR) is 78.3 cm³/mol. The van der Waals surface area contributed by atoms with Gasteiger partial charge in [-0.3, -0.25) is 4.79 Å². The first kappa shape index (κ1) is 14.2. The van der Waals surface area contributed by atoms with E-state index in [1.807, 2.05) is 0 Å². The minimum Gasteiger partial charge on any atom is -0.454 e. The lowest BCUT2D eigenvalue weighted by atomic mass is 10.1. The Labute approximate surface area is 126 Å². The molecule has 5 heteroatoms. The van der Waals surface area contributed by atoms with Crippen molar-refractivity contribution in [1.82, 2.24) is 0 Å². The molecule has 2 nitrogen and oxygen atoms in total. The van der Waals surface area contributed by atoms with Crippen molar-refractivity contribution < 1.29 is 13.9 Å². The molecule has 2 rings (SSSR count). The summed E-state index contributed by atoms with van der Waals surface area (Å²) in [5, 5.41) is 0. The highest BCUT2D eigenvalue weighted by Gasteiger charge is 2.12. The van der Waals surface area contributed by atoms with Crippen LogP contribution in [0, 0.1) is 5.82 Å². The number of hydrogen-bond acceptors (Lipinski definition) is 2. The van der Waals surface area contributed by atoms with E-state index in [0.29, 0.717) is 15.8 Å². The summed E-state index contributed by atoms with van der Waals surface area (Å²) in [5.41, 5.74) is 0.400. The molecule has 0 saturated carbocycles. The van der Waals surface area contributed by atoms with Gasteiger partial charge in [-0.25, -0.2) is 4.39 Å². The highest BCUT2D eigenvalue weighted by molar-refractivity contribution is 9.10. The molecule has 0 aromatic heterocycles. The molecule has 2 aromatic carbocycles. The van der Waals surface area contributed by atoms with Gasteiger partial charge in [-0.15, -0.1) is 0 Å². The number of carbonyl (C=O) groups excluding carboxylic acids is 1. The topological polar surface area (TPSA) is 26.3 Å². The molecule has 98 valence electrons. The second-order valence-corrected chi connectivity index (χ2v) is 5.70. The number of halogens is 3. The lowest BCUT2D eigenvalue weighted by Gasteiger charge is -2.10. The van der Waals surface area contributed by atoms with Gasteiger partial charge in [0.2, 0.25) is 0 Å². The van der Waals surface area contributed by atoms with Crippen molar-refractivity contribution in [3.8, 4) is 11.5 Å². The third kappa shape index (κ3) is 3.42. The molecule has 0 aliphatic carbocycles. The van der Waals surface area contributed by atoms with Crippen molar-refractivity contribution in [2.24, 2.45) is 0 Å². The Morgan fingerprint density at radius 1 is 1.05 bits per heavy atom. The summed E-state index contributed by atoms with van der Waals surface area (Å²) in [7, 11) is 0. The normalized spacial score (nSPS) is 10.3. The molecule has 19 heavy (non-hydrogen) atoms. The Balaban J connectivity index is 2.40. The minimum atomic E-state index is -0.494. The maximum absolute atomic E-state index is 13.7. The van der Waals surface area contributed by atoms with E-state index in [0.717, 1.165) is 4.47 Å². The molecular weight excluding hydrogens is 379 g/mol. The second-order valence-electron chi connectivity index (χ2n) is 3.87. The number of benzene rings is 2. The van der Waals surface area contributed by atoms with Gasteiger partial charge in [-0.05, 0) is 43.3 Å². The summed E-state index contributed by atoms with van der Waals surface area (Å²) in [4.78, 5) is 11.5. The van der Waals surface area contributed by atoms with Gasteiger partial charge in [0.25, 0.3) is 0 Å². The van der Waals surface area contributed by atoms with Crippen LogP contribution in [-0.2, 0) is 0 Å². The number of rotatable bonds is 3. The van der Waals surface area contributed by atoms with E-state index in [4.69, 9.17) is 4.74 Å². The molecule has 0 atom stereocenters. The largest absolute Gasteiger partial charge is 0.454 e. The Hall–Kier alpha value is -1.20. The number of ketones is 1. The molecule has 0 saturated heterocycles. The van der Waals surface area contributed by atoms with Crippen molar-refractivity contribution in [3.63, 3.8) is 0 Å². The lowest BCUT2D eigenvalue weighted by molar-refractivity contribution is 0.101. The van der Waals surface area contributed by atoms with Crippen LogP contribution in [-0.4, -0.2) is 5.78 Å². The van der Waals surface area contributed by atoms with Gasteiger partial charge in [0, 0.05) is 8.95 Å². The summed E-state index contributed by atoms with van der Waals surface area (Å²) in [6.07, 6.45) is 0. The molecule has 0 bridgehead atoms. The molecule has 0 aliphatic rings. The second kappa shape index (κ2) is 5.84. The van der Waals surface area contributed by atoms with Crippen LogP contribution in [0.1, 0.15) is 17.3 Å². The smallest absolute Gasteiger partial charge is 0.166 e. The first-order valence-electron chi connectivity index (χ1n) is 5.41. The van der Waals surface area contributed by atoms with Crippen molar-refractivity contribution >= 4 is 37.6 Å². The third-order valence-corrected chi connectivity index (χ3v) is 3.42. The molecule has 0 unspecified atom stereocenters. The van der Waals surface area contributed by atoms with Crippen LogP contribution < -0.4 is 4.74 Å². The molecule has 0 fully saturated rings. The van der Waals surface area contributed by atoms with Crippen molar-refractivity contribution in [2.75, 3.05) is 0 Å². The van der Waals surface area contributed by atoms with Gasteiger partial charge in [0.05, 0.1) is 5.56 Å². The number of ether oxygens (including phenoxy) is 1. The molecule has 0 heterocycles. The van der Waals surface area contributed by atoms with Gasteiger partial charge in [-0.1, -0.05) is 31.9 Å². The average Bonchev–Trinajstić information content (AvgIpc) is 2.34. The molecule has 2 aromatic rings. The maximum atomic E-state index is 13.7. The van der Waals surface area contributed by atoms with Gasteiger partial charge in [0.15, 0.2) is 17.3 Å². The lowest BCUT2D eigenvalue weighted by Crippen LogP contribution is -1.98. The van der Waals surface area contributed by atoms with Gasteiger partial charge in [-0.2, -0.15) is 0 Å². The zero-order valence-corrected chi connectivity index (χ0v) is 13.1. The summed E-state index contributed by atoms with van der Waals surface area (Å²) < 4.78 is 20.6. The van der Waals surface area contributed by atoms with Gasteiger partial charge in [0.1, 0.15) is 5.75 Å². The molecule has 0 aliphatic heterocycles. The average molecular weight is 388 g/mol. The van der Waals surface area contributed by atoms with Crippen molar-refractivity contribution in [2.45, 2.75) is 6.92 Å². The highest BCUT2D eigenvalue weighted by Crippen LogP contribution is 2.31. The van der Waals surface area contributed by atoms with Crippen LogP contribution in [0.15, 0.2) is 45.3 Å². The highest BCUT2D eigenvalue weighted by atomic mass is 79.9. The van der Waals surface area contributed by atoms with Crippen LogP contribution in [0.25, 0.3) is 0 Å². The fourth-order valence-corrected chi connectivity index (χ4v) is 2.24. The molecule has 0 amide bonds. The summed E-state index contributed by atoms with van der Waals surface area (Å²) in [5.74, 6) is -0.231. The standard InChI is InChI=1S/C14H9Br2FO2/c1-8(18)11-6-9(15)2-4-13(11)19-14-5-3-10(16)7-12(14)17/h2-7H,1H3. The summed E-state index contributed by atoms with van der Waals surface area (Å²) in [6, 6.07) is 9.49. The van der Waals surface area contributed by atoms with E-state index < -0.39 is 5.82 Å². The Bertz CT molecular complexity index is 641. The maximum Gasteiger partial charge on any atom is 0.166 e. The monoisotopic (exact) mass is 386 g/mol. The van der Waals surface area contributed by atoms with Crippen LogP contribution in [0.4, 0.5) is 4.39 Å². The van der Waals surface area contributed by atoms with Crippen LogP contribution >= 0.6 is 31.9 Å². The van der Waals surface area contributed by atoms with Gasteiger partial charge < -0.3 is 4.74 Å². The van der Waals surface area contributed by atoms with E-state index in [1.54, 1.807) is 24.3 Å². The molecular formula is C14H9Br2FO2. The minimum absolute atomic E-state index is 0.0769. The molecule has 0 radical (unpaired) electrons. The zero-order valence-electron chi connectivity index (χ0n) is 9.91. The van der Waals surface area contributed by atoms with Crippen LogP contribution in [0.2, 0.25) is 0 Å². The van der Waals surface area contributed by atoms with E-state index in [-0.39, 0.29) is 11.5 Å². The van der Waals surface area contributed by atoms with Gasteiger partial charge >= 0.3 is 0 Å². The Morgan fingerprint density at radius 3 is 2.21 bits per heavy atom. The number of hydrogen-bond donors (Lipinski definition) is 0. The third-order valence-electron chi connectivity index (χ3n) is 2.43. The van der Waals surface area contributed by atoms with E-state index in [2.05, 4.69) is 31.9 Å². The Kier molecular flexibility index (Phi) is 4.37. The first-order valence-corrected chi connectivity index (χ1v) is 6.99. The fraction of sp³-hybridized carbons (Fsp3) is 0.0714. The quantitative estimate of drug-likeness (QED) is 0.664. The fourth-order valence-electron chi connectivity index (χ4n) is 1.54.